The van der Waals surface area contributed by atoms with E-state index in [-0.39, 0.29) is 11.9 Å². The van der Waals surface area contributed by atoms with Crippen LogP contribution in [-0.4, -0.2) is 25.2 Å². The first-order valence-electron chi connectivity index (χ1n) is 7.43. The van der Waals surface area contributed by atoms with Gasteiger partial charge in [0.1, 0.15) is 18.1 Å². The molecule has 0 atom stereocenters. The first-order valence-corrected chi connectivity index (χ1v) is 7.84. The summed E-state index contributed by atoms with van der Waals surface area (Å²) in [5.41, 5.74) is 9.57. The van der Waals surface area contributed by atoms with Crippen LogP contribution in [0.2, 0.25) is 0 Å². The molecule has 0 amide bonds. The number of hydrazone groups is 1. The first kappa shape index (κ1) is 16.8. The predicted octanol–water partition coefficient (Wildman–Crippen LogP) is 2.17. The Labute approximate surface area is 150 Å². The minimum Gasteiger partial charge on any atom is -0.496 e. The van der Waals surface area contributed by atoms with E-state index in [2.05, 4.69) is 10.5 Å². The van der Waals surface area contributed by atoms with E-state index in [1.807, 2.05) is 30.3 Å². The molecule has 0 radical (unpaired) electrons. The third-order valence-electron chi connectivity index (χ3n) is 3.43. The summed E-state index contributed by atoms with van der Waals surface area (Å²) in [6.07, 6.45) is 1.61. The lowest BCUT2D eigenvalue weighted by molar-refractivity contribution is 0.173. The molecule has 1 heterocycles. The molecule has 2 aromatic carbocycles. The van der Waals surface area contributed by atoms with Crippen LogP contribution < -0.4 is 30.1 Å². The molecule has 0 bridgehead atoms. The predicted molar refractivity (Wildman–Crippen MR) is 97.4 cm³/mol. The van der Waals surface area contributed by atoms with Crippen LogP contribution in [0.25, 0.3) is 0 Å². The van der Waals surface area contributed by atoms with Gasteiger partial charge in [0.25, 0.3) is 0 Å². The van der Waals surface area contributed by atoms with Gasteiger partial charge < -0.3 is 24.7 Å². The Kier molecular flexibility index (Phi) is 5.20. The van der Waals surface area contributed by atoms with Gasteiger partial charge in [-0.3, -0.25) is 5.43 Å². The van der Waals surface area contributed by atoms with Crippen LogP contribution in [0.4, 0.5) is 0 Å². The maximum Gasteiger partial charge on any atom is 0.231 e. The van der Waals surface area contributed by atoms with E-state index in [0.29, 0.717) is 23.9 Å². The number of hydrogen-bond acceptors (Lipinski definition) is 6. The molecule has 3 rings (SSSR count). The Morgan fingerprint density at radius 2 is 2.12 bits per heavy atom. The number of nitrogens with zero attached hydrogens (tertiary/aromatic N) is 1. The summed E-state index contributed by atoms with van der Waals surface area (Å²) >= 11 is 4.70. The molecule has 0 aromatic heterocycles. The highest BCUT2D eigenvalue weighted by atomic mass is 32.1. The maximum atomic E-state index is 5.84. The molecular weight excluding hydrogens is 342 g/mol. The molecular formula is C17H17N3O4S. The molecule has 8 heteroatoms. The number of benzene rings is 2. The maximum absolute atomic E-state index is 5.84. The molecule has 25 heavy (non-hydrogen) atoms. The quantitative estimate of drug-likeness (QED) is 0.464. The van der Waals surface area contributed by atoms with Crippen LogP contribution in [0, 0.1) is 0 Å². The molecule has 0 spiro atoms. The fraction of sp³-hybridized carbons (Fsp3) is 0.176. The third-order valence-corrected chi connectivity index (χ3v) is 3.52. The van der Waals surface area contributed by atoms with Gasteiger partial charge in [0, 0.05) is 11.6 Å². The normalized spacial score (nSPS) is 12.2. The summed E-state index contributed by atoms with van der Waals surface area (Å²) in [4.78, 5) is 0. The Hall–Kier alpha value is -3.00. The van der Waals surface area contributed by atoms with Crippen molar-refractivity contribution in [1.82, 2.24) is 5.43 Å². The van der Waals surface area contributed by atoms with Crippen LogP contribution in [0.5, 0.6) is 23.0 Å². The van der Waals surface area contributed by atoms with Crippen molar-refractivity contribution in [2.75, 3.05) is 13.9 Å². The molecule has 3 N–H and O–H groups in total. The number of methoxy groups -OCH3 is 1. The van der Waals surface area contributed by atoms with Crippen molar-refractivity contribution in [1.29, 1.82) is 0 Å². The fourth-order valence-electron chi connectivity index (χ4n) is 2.29. The SMILES string of the molecule is COc1ccc(/C=N/NC(N)=S)cc1COc1ccc2c(c1)OCO2. The van der Waals surface area contributed by atoms with Crippen LogP contribution in [0.3, 0.4) is 0 Å². The van der Waals surface area contributed by atoms with Crippen LogP contribution in [-0.2, 0) is 6.61 Å². The van der Waals surface area contributed by atoms with Crippen LogP contribution in [0.1, 0.15) is 11.1 Å². The molecule has 0 fully saturated rings. The molecule has 0 aliphatic carbocycles. The number of fused-ring (bicyclic) bond motifs is 1. The van der Waals surface area contributed by atoms with E-state index >= 15 is 0 Å². The largest absolute Gasteiger partial charge is 0.496 e. The summed E-state index contributed by atoms with van der Waals surface area (Å²) in [5, 5.41) is 4.05. The first-order chi connectivity index (χ1) is 12.2. The molecule has 7 nitrogen and oxygen atoms in total. The highest BCUT2D eigenvalue weighted by Gasteiger charge is 2.14. The van der Waals surface area contributed by atoms with E-state index in [0.717, 1.165) is 16.9 Å². The van der Waals surface area contributed by atoms with E-state index < -0.39 is 0 Å². The minimum atomic E-state index is 0.108. The fourth-order valence-corrected chi connectivity index (χ4v) is 2.34. The second-order valence-corrected chi connectivity index (χ2v) is 5.55. The Bertz CT molecular complexity index is 810. The monoisotopic (exact) mass is 359 g/mol. The summed E-state index contributed by atoms with van der Waals surface area (Å²) in [7, 11) is 1.61. The minimum absolute atomic E-state index is 0.108. The average molecular weight is 359 g/mol. The average Bonchev–Trinajstić information content (AvgIpc) is 3.07. The van der Waals surface area contributed by atoms with Crippen LogP contribution in [0.15, 0.2) is 41.5 Å². The smallest absolute Gasteiger partial charge is 0.231 e. The summed E-state index contributed by atoms with van der Waals surface area (Å²) in [6, 6.07) is 11.1. The number of nitrogens with one attached hydrogen (secondary N) is 1. The Morgan fingerprint density at radius 3 is 2.92 bits per heavy atom. The van der Waals surface area contributed by atoms with Gasteiger partial charge in [-0.1, -0.05) is 0 Å². The van der Waals surface area contributed by atoms with Gasteiger partial charge in [-0.05, 0) is 48.1 Å². The summed E-state index contributed by atoms with van der Waals surface area (Å²) < 4.78 is 21.9. The van der Waals surface area contributed by atoms with Crippen molar-refractivity contribution >= 4 is 23.5 Å². The number of ether oxygens (including phenoxy) is 4. The van der Waals surface area contributed by atoms with E-state index in [4.69, 9.17) is 36.9 Å². The molecule has 0 unspecified atom stereocenters. The zero-order valence-electron chi connectivity index (χ0n) is 13.5. The van der Waals surface area contributed by atoms with Crippen LogP contribution >= 0.6 is 12.2 Å². The topological polar surface area (TPSA) is 87.3 Å². The van der Waals surface area contributed by atoms with Gasteiger partial charge in [-0.15, -0.1) is 0 Å². The number of thiocarbonyl (C=S) groups is 1. The third kappa shape index (κ3) is 4.30. The standard InChI is InChI=1S/C17H17N3O4S/c1-21-14-4-2-11(8-19-20-17(18)25)6-12(14)9-22-13-3-5-15-16(7-13)24-10-23-15/h2-8H,9-10H2,1H3,(H3,18,20,25)/b19-8+. The van der Waals surface area contributed by atoms with Gasteiger partial charge in [-0.2, -0.15) is 5.10 Å². The summed E-state index contributed by atoms with van der Waals surface area (Å²) in [6.45, 7) is 0.557. The van der Waals surface area contributed by atoms with Gasteiger partial charge in [0.2, 0.25) is 6.79 Å². The van der Waals surface area contributed by atoms with E-state index in [1.165, 1.54) is 0 Å². The highest BCUT2D eigenvalue weighted by Crippen LogP contribution is 2.35. The van der Waals surface area contributed by atoms with Gasteiger partial charge in [-0.25, -0.2) is 0 Å². The van der Waals surface area contributed by atoms with E-state index in [1.54, 1.807) is 19.4 Å². The van der Waals surface area contributed by atoms with Gasteiger partial charge in [0.15, 0.2) is 16.6 Å². The Balaban J connectivity index is 1.71. The van der Waals surface area contributed by atoms with Crippen molar-refractivity contribution in [3.8, 4) is 23.0 Å². The highest BCUT2D eigenvalue weighted by molar-refractivity contribution is 7.80. The second kappa shape index (κ2) is 7.71. The van der Waals surface area contributed by atoms with Crippen molar-refractivity contribution in [2.45, 2.75) is 6.61 Å². The van der Waals surface area contributed by atoms with Crippen molar-refractivity contribution < 1.29 is 18.9 Å². The number of rotatable bonds is 6. The lowest BCUT2D eigenvalue weighted by atomic mass is 10.1. The second-order valence-electron chi connectivity index (χ2n) is 5.11. The molecule has 1 aliphatic rings. The zero-order valence-corrected chi connectivity index (χ0v) is 14.3. The lowest BCUT2D eigenvalue weighted by Gasteiger charge is -2.11. The number of nitrogens with two attached hydrogens (primary N) is 1. The van der Waals surface area contributed by atoms with Crippen molar-refractivity contribution in [3.05, 3.63) is 47.5 Å². The summed E-state index contributed by atoms with van der Waals surface area (Å²) in [5.74, 6) is 2.79. The van der Waals surface area contributed by atoms with E-state index in [9.17, 15) is 0 Å². The van der Waals surface area contributed by atoms with Gasteiger partial charge >= 0.3 is 0 Å². The van der Waals surface area contributed by atoms with Gasteiger partial charge in [0.05, 0.1) is 13.3 Å². The molecule has 130 valence electrons. The number of hydrogen-bond donors (Lipinski definition) is 2. The van der Waals surface area contributed by atoms with Crippen molar-refractivity contribution in [2.24, 2.45) is 10.8 Å². The lowest BCUT2D eigenvalue weighted by Crippen LogP contribution is -2.24. The Morgan fingerprint density at radius 1 is 1.28 bits per heavy atom. The molecule has 0 saturated carbocycles. The molecule has 1 aliphatic heterocycles. The molecule has 2 aromatic rings. The molecule has 0 saturated heterocycles. The van der Waals surface area contributed by atoms with Crippen molar-refractivity contribution in [3.63, 3.8) is 0 Å². The zero-order chi connectivity index (χ0) is 17.6.